The predicted molar refractivity (Wildman–Crippen MR) is 77.7 cm³/mol. The molecule has 1 aromatic heterocycles. The van der Waals surface area contributed by atoms with Gasteiger partial charge in [-0.15, -0.1) is 11.3 Å². The highest BCUT2D eigenvalue weighted by atomic mass is 32.1. The van der Waals surface area contributed by atoms with Crippen LogP contribution in [-0.2, 0) is 0 Å². The van der Waals surface area contributed by atoms with Gasteiger partial charge >= 0.3 is 0 Å². The maximum atomic E-state index is 13.0. The summed E-state index contributed by atoms with van der Waals surface area (Å²) in [5.74, 6) is -0.214. The molecule has 0 unspecified atom stereocenters. The average molecular weight is 269 g/mol. The normalized spacial score (nSPS) is 10.6. The molecule has 3 rings (SSSR count). The quantitative estimate of drug-likeness (QED) is 0.643. The maximum Gasteiger partial charge on any atom is 0.124 e. The van der Waals surface area contributed by atoms with E-state index in [1.807, 2.05) is 37.3 Å². The van der Waals surface area contributed by atoms with Crippen LogP contribution < -0.4 is 0 Å². The van der Waals surface area contributed by atoms with Crippen LogP contribution in [-0.4, -0.2) is 4.98 Å². The van der Waals surface area contributed by atoms with Crippen molar-refractivity contribution in [2.45, 2.75) is 6.92 Å². The molecule has 0 aliphatic rings. The second-order valence-corrected chi connectivity index (χ2v) is 5.31. The molecule has 0 aliphatic carbocycles. The zero-order valence-corrected chi connectivity index (χ0v) is 11.2. The molecule has 1 nitrogen and oxygen atoms in total. The number of rotatable bonds is 2. The molecule has 0 amide bonds. The van der Waals surface area contributed by atoms with Crippen molar-refractivity contribution in [3.8, 4) is 21.0 Å². The molecule has 0 bridgehead atoms. The van der Waals surface area contributed by atoms with Gasteiger partial charge in [0.2, 0.25) is 0 Å². The predicted octanol–water partition coefficient (Wildman–Crippen LogP) is 4.92. The molecule has 3 heteroatoms. The van der Waals surface area contributed by atoms with Gasteiger partial charge in [0.15, 0.2) is 0 Å². The summed E-state index contributed by atoms with van der Waals surface area (Å²) in [7, 11) is 0. The third kappa shape index (κ3) is 2.42. The smallest absolute Gasteiger partial charge is 0.124 e. The molecule has 0 fully saturated rings. The zero-order chi connectivity index (χ0) is 13.2. The summed E-state index contributed by atoms with van der Waals surface area (Å²) in [6.45, 7) is 1.99. The Bertz CT molecular complexity index is 687. The van der Waals surface area contributed by atoms with Crippen molar-refractivity contribution in [1.29, 1.82) is 0 Å². The van der Waals surface area contributed by atoms with Gasteiger partial charge in [0.25, 0.3) is 0 Å². The molecule has 0 saturated heterocycles. The summed E-state index contributed by atoms with van der Waals surface area (Å²) in [5.41, 5.74) is 3.11. The Labute approximate surface area is 115 Å². The van der Waals surface area contributed by atoms with E-state index in [9.17, 15) is 4.39 Å². The molecule has 0 spiro atoms. The van der Waals surface area contributed by atoms with Crippen LogP contribution >= 0.6 is 11.3 Å². The van der Waals surface area contributed by atoms with Crippen LogP contribution in [0.2, 0.25) is 0 Å². The molecule has 0 radical (unpaired) electrons. The third-order valence-corrected chi connectivity index (χ3v) is 4.18. The molecule has 0 N–H and O–H groups in total. The number of thiazole rings is 1. The van der Waals surface area contributed by atoms with Gasteiger partial charge in [0, 0.05) is 5.56 Å². The van der Waals surface area contributed by atoms with Gasteiger partial charge in [-0.2, -0.15) is 0 Å². The number of aromatic nitrogens is 1. The lowest BCUT2D eigenvalue weighted by molar-refractivity contribution is 0.628. The van der Waals surface area contributed by atoms with Gasteiger partial charge in [-0.3, -0.25) is 0 Å². The fourth-order valence-corrected chi connectivity index (χ4v) is 3.05. The van der Waals surface area contributed by atoms with E-state index in [-0.39, 0.29) is 5.82 Å². The number of nitrogens with zero attached hydrogens (tertiary/aromatic N) is 1. The number of hydrogen-bond donors (Lipinski definition) is 0. The van der Waals surface area contributed by atoms with Crippen LogP contribution in [0.3, 0.4) is 0 Å². The molecule has 1 heterocycles. The number of hydrogen-bond acceptors (Lipinski definition) is 2. The van der Waals surface area contributed by atoms with Crippen LogP contribution in [0.15, 0.2) is 54.6 Å². The zero-order valence-electron chi connectivity index (χ0n) is 10.4. The monoisotopic (exact) mass is 269 g/mol. The van der Waals surface area contributed by atoms with Crippen LogP contribution in [0.25, 0.3) is 21.0 Å². The van der Waals surface area contributed by atoms with Crippen molar-refractivity contribution < 1.29 is 4.39 Å². The Hall–Kier alpha value is -2.00. The van der Waals surface area contributed by atoms with Crippen molar-refractivity contribution in [3.05, 3.63) is 66.1 Å². The van der Waals surface area contributed by atoms with Crippen LogP contribution in [0.4, 0.5) is 4.39 Å². The molecular weight excluding hydrogens is 257 g/mol. The minimum atomic E-state index is -0.214. The Morgan fingerprint density at radius 3 is 2.26 bits per heavy atom. The van der Waals surface area contributed by atoms with E-state index in [2.05, 4.69) is 4.98 Å². The summed E-state index contributed by atoms with van der Waals surface area (Å²) in [6, 6.07) is 16.7. The van der Waals surface area contributed by atoms with Crippen molar-refractivity contribution in [2.24, 2.45) is 0 Å². The average Bonchev–Trinajstić information content (AvgIpc) is 2.83. The van der Waals surface area contributed by atoms with Gasteiger partial charge < -0.3 is 0 Å². The second-order valence-electron chi connectivity index (χ2n) is 4.31. The minimum Gasteiger partial charge on any atom is -0.241 e. The molecule has 0 saturated carbocycles. The standard InChI is InChI=1S/C16H12FNS/c1-11-15(12-7-9-14(17)10-8-12)19-16(18-11)13-5-3-2-4-6-13/h2-10H,1H3. The molecule has 0 atom stereocenters. The van der Waals surface area contributed by atoms with E-state index >= 15 is 0 Å². The fourth-order valence-electron chi connectivity index (χ4n) is 1.97. The van der Waals surface area contributed by atoms with Crippen molar-refractivity contribution in [3.63, 3.8) is 0 Å². The van der Waals surface area contributed by atoms with E-state index in [1.165, 1.54) is 12.1 Å². The Balaban J connectivity index is 2.05. The third-order valence-electron chi connectivity index (χ3n) is 2.92. The highest BCUT2D eigenvalue weighted by Crippen LogP contribution is 2.34. The largest absolute Gasteiger partial charge is 0.241 e. The first-order valence-electron chi connectivity index (χ1n) is 6.03. The number of aryl methyl sites for hydroxylation is 1. The molecule has 2 aromatic carbocycles. The number of halogens is 1. The first kappa shape index (κ1) is 12.1. The summed E-state index contributed by atoms with van der Waals surface area (Å²) in [5, 5.41) is 0.998. The van der Waals surface area contributed by atoms with Crippen LogP contribution in [0.5, 0.6) is 0 Å². The summed E-state index contributed by atoms with van der Waals surface area (Å²) >= 11 is 1.64. The lowest BCUT2D eigenvalue weighted by Gasteiger charge is -1.97. The maximum absolute atomic E-state index is 13.0. The topological polar surface area (TPSA) is 12.9 Å². The Kier molecular flexibility index (Phi) is 3.13. The summed E-state index contributed by atoms with van der Waals surface area (Å²) in [6.07, 6.45) is 0. The van der Waals surface area contributed by atoms with Crippen molar-refractivity contribution in [1.82, 2.24) is 4.98 Å². The van der Waals surface area contributed by atoms with Gasteiger partial charge in [0.1, 0.15) is 10.8 Å². The van der Waals surface area contributed by atoms with E-state index in [1.54, 1.807) is 23.5 Å². The van der Waals surface area contributed by atoms with Gasteiger partial charge in [0.05, 0.1) is 10.6 Å². The molecular formula is C16H12FNS. The Morgan fingerprint density at radius 2 is 1.58 bits per heavy atom. The fraction of sp³-hybridized carbons (Fsp3) is 0.0625. The van der Waals surface area contributed by atoms with Gasteiger partial charge in [-0.05, 0) is 24.6 Å². The van der Waals surface area contributed by atoms with Gasteiger partial charge in [-0.25, -0.2) is 9.37 Å². The molecule has 3 aromatic rings. The first-order valence-corrected chi connectivity index (χ1v) is 6.84. The lowest BCUT2D eigenvalue weighted by Crippen LogP contribution is -1.79. The Morgan fingerprint density at radius 1 is 0.895 bits per heavy atom. The van der Waals surface area contributed by atoms with E-state index < -0.39 is 0 Å². The first-order chi connectivity index (χ1) is 9.24. The number of benzene rings is 2. The van der Waals surface area contributed by atoms with Crippen LogP contribution in [0.1, 0.15) is 5.69 Å². The summed E-state index contributed by atoms with van der Waals surface area (Å²) < 4.78 is 13.0. The van der Waals surface area contributed by atoms with Crippen molar-refractivity contribution >= 4 is 11.3 Å². The highest BCUT2D eigenvalue weighted by molar-refractivity contribution is 7.18. The van der Waals surface area contributed by atoms with E-state index in [4.69, 9.17) is 0 Å². The second kappa shape index (κ2) is 4.94. The lowest BCUT2D eigenvalue weighted by atomic mass is 10.1. The molecule has 0 aliphatic heterocycles. The van der Waals surface area contributed by atoms with Crippen molar-refractivity contribution in [2.75, 3.05) is 0 Å². The van der Waals surface area contributed by atoms with Crippen LogP contribution in [0, 0.1) is 12.7 Å². The molecule has 19 heavy (non-hydrogen) atoms. The minimum absolute atomic E-state index is 0.214. The van der Waals surface area contributed by atoms with E-state index in [0.29, 0.717) is 0 Å². The van der Waals surface area contributed by atoms with E-state index in [0.717, 1.165) is 26.7 Å². The SMILES string of the molecule is Cc1nc(-c2ccccc2)sc1-c1ccc(F)cc1. The highest BCUT2D eigenvalue weighted by Gasteiger charge is 2.10. The summed E-state index contributed by atoms with van der Waals surface area (Å²) in [4.78, 5) is 5.70. The molecule has 94 valence electrons. The van der Waals surface area contributed by atoms with Gasteiger partial charge in [-0.1, -0.05) is 42.5 Å².